The Morgan fingerprint density at radius 2 is 1.94 bits per heavy atom. The zero-order chi connectivity index (χ0) is 23.9. The average Bonchev–Trinajstić information content (AvgIpc) is 3.26. The van der Waals surface area contributed by atoms with Crippen LogP contribution in [0.1, 0.15) is 24.5 Å². The van der Waals surface area contributed by atoms with Crippen molar-refractivity contribution >= 4 is 11.2 Å². The Labute approximate surface area is 197 Å². The van der Waals surface area contributed by atoms with E-state index in [1.165, 1.54) is 6.07 Å². The van der Waals surface area contributed by atoms with Crippen LogP contribution in [0.2, 0.25) is 0 Å². The zero-order valence-corrected chi connectivity index (χ0v) is 19.3. The molecule has 0 saturated carbocycles. The molecule has 0 bridgehead atoms. The fraction of sp³-hybridized carbons (Fsp3) is 0.308. The van der Waals surface area contributed by atoms with Gasteiger partial charge in [-0.05, 0) is 49.6 Å². The van der Waals surface area contributed by atoms with Crippen LogP contribution in [0.5, 0.6) is 11.5 Å². The van der Waals surface area contributed by atoms with Crippen LogP contribution in [0.25, 0.3) is 22.6 Å². The van der Waals surface area contributed by atoms with Gasteiger partial charge in [-0.25, -0.2) is 14.4 Å². The number of benzene rings is 2. The Bertz CT molecular complexity index is 1240. The number of hydrogen-bond donors (Lipinski definition) is 2. The van der Waals surface area contributed by atoms with Crippen LogP contribution in [0.15, 0.2) is 54.7 Å². The van der Waals surface area contributed by atoms with Crippen molar-refractivity contribution in [3.05, 3.63) is 71.7 Å². The second-order valence-electron chi connectivity index (χ2n) is 8.08. The minimum absolute atomic E-state index is 0.0824. The quantitative estimate of drug-likeness (QED) is 0.334. The molecule has 0 saturated heterocycles. The van der Waals surface area contributed by atoms with Gasteiger partial charge >= 0.3 is 0 Å². The third-order valence-corrected chi connectivity index (χ3v) is 5.26. The van der Waals surface area contributed by atoms with Gasteiger partial charge in [0, 0.05) is 37.1 Å². The number of ether oxygens (including phenoxy) is 3. The Morgan fingerprint density at radius 1 is 1.12 bits per heavy atom. The Kier molecular flexibility index (Phi) is 7.72. The monoisotopic (exact) mass is 465 g/mol. The fourth-order valence-corrected chi connectivity index (χ4v) is 3.64. The summed E-state index contributed by atoms with van der Waals surface area (Å²) in [5.74, 6) is 1.41. The summed E-state index contributed by atoms with van der Waals surface area (Å²) in [7, 11) is 1.62. The molecular weight excluding hydrogens is 437 g/mol. The summed E-state index contributed by atoms with van der Waals surface area (Å²) in [6, 6.07) is 14.0. The minimum atomic E-state index is -0.316. The molecule has 0 aliphatic heterocycles. The van der Waals surface area contributed by atoms with Gasteiger partial charge in [0.2, 0.25) is 0 Å². The summed E-state index contributed by atoms with van der Waals surface area (Å²) in [5.41, 5.74) is 3.64. The molecule has 2 N–H and O–H groups in total. The number of aromatic nitrogens is 3. The topological polar surface area (TPSA) is 89.5 Å². The van der Waals surface area contributed by atoms with Crippen molar-refractivity contribution in [3.63, 3.8) is 0 Å². The first-order valence-electron chi connectivity index (χ1n) is 11.2. The number of H-pyrrole nitrogens is 1. The van der Waals surface area contributed by atoms with E-state index in [1.54, 1.807) is 37.6 Å². The molecular formula is C26H28FN3O4. The molecule has 1 atom stereocenters. The number of aryl methyl sites for hydroxylation is 1. The van der Waals surface area contributed by atoms with Crippen molar-refractivity contribution in [1.29, 1.82) is 0 Å². The van der Waals surface area contributed by atoms with E-state index in [2.05, 4.69) is 15.0 Å². The minimum Gasteiger partial charge on any atom is -0.489 e. The number of rotatable bonds is 11. The zero-order valence-electron chi connectivity index (χ0n) is 19.3. The second-order valence-corrected chi connectivity index (χ2v) is 8.08. The van der Waals surface area contributed by atoms with E-state index in [0.29, 0.717) is 41.6 Å². The van der Waals surface area contributed by atoms with E-state index in [4.69, 9.17) is 19.3 Å². The van der Waals surface area contributed by atoms with Crippen LogP contribution in [0.3, 0.4) is 0 Å². The summed E-state index contributed by atoms with van der Waals surface area (Å²) in [4.78, 5) is 12.4. The van der Waals surface area contributed by atoms with Gasteiger partial charge in [0.25, 0.3) is 0 Å². The maximum Gasteiger partial charge on any atom is 0.178 e. The van der Waals surface area contributed by atoms with E-state index in [9.17, 15) is 4.39 Å². The lowest BCUT2D eigenvalue weighted by Crippen LogP contribution is -2.18. The van der Waals surface area contributed by atoms with Gasteiger partial charge in [0.05, 0.1) is 12.1 Å². The molecule has 0 aliphatic carbocycles. The number of aliphatic hydroxyl groups is 1. The van der Waals surface area contributed by atoms with Crippen LogP contribution in [-0.2, 0) is 17.8 Å². The lowest BCUT2D eigenvalue weighted by molar-refractivity contribution is 0.0919. The second kappa shape index (κ2) is 11.1. The van der Waals surface area contributed by atoms with E-state index >= 15 is 0 Å². The van der Waals surface area contributed by atoms with Crippen molar-refractivity contribution < 1.29 is 23.7 Å². The van der Waals surface area contributed by atoms with E-state index in [0.717, 1.165) is 23.1 Å². The number of aliphatic hydroxyl groups excluding tert-OH is 1. The first-order valence-corrected chi connectivity index (χ1v) is 11.2. The number of nitrogens with zero attached hydrogens (tertiary/aromatic N) is 2. The Balaban J connectivity index is 1.64. The molecule has 1 unspecified atom stereocenters. The number of aromatic amines is 1. The van der Waals surface area contributed by atoms with Gasteiger partial charge in [0.15, 0.2) is 5.65 Å². The van der Waals surface area contributed by atoms with Crippen LogP contribution in [0.4, 0.5) is 4.39 Å². The first kappa shape index (κ1) is 23.7. The van der Waals surface area contributed by atoms with Crippen molar-refractivity contribution in [3.8, 4) is 22.9 Å². The molecule has 4 aromatic rings. The smallest absolute Gasteiger partial charge is 0.178 e. The number of pyridine rings is 1. The fourth-order valence-electron chi connectivity index (χ4n) is 3.64. The number of imidazole rings is 1. The van der Waals surface area contributed by atoms with Gasteiger partial charge in [-0.15, -0.1) is 0 Å². The molecule has 8 heteroatoms. The molecule has 34 heavy (non-hydrogen) atoms. The summed E-state index contributed by atoms with van der Waals surface area (Å²) in [6.45, 7) is 2.56. The highest BCUT2D eigenvalue weighted by molar-refractivity contribution is 5.77. The van der Waals surface area contributed by atoms with Crippen LogP contribution in [0, 0.1) is 5.82 Å². The highest BCUT2D eigenvalue weighted by Gasteiger charge is 2.13. The third-order valence-electron chi connectivity index (χ3n) is 5.26. The molecule has 0 amide bonds. The van der Waals surface area contributed by atoms with Gasteiger partial charge in [-0.3, -0.25) is 0 Å². The standard InChI is InChI=1S/C26H28FN3O4/c1-17(15-32-2)34-22-12-20(11-21(13-22)33-16-19-7-3-4-8-23(19)27)25-29-24-10-18(6-5-9-31)14-28-26(24)30-25/h3-4,7-8,10-14,17,31H,5-6,9,15-16H2,1-2H3,(H,28,29,30). The normalized spacial score (nSPS) is 12.1. The predicted molar refractivity (Wildman–Crippen MR) is 127 cm³/mol. The number of fused-ring (bicyclic) bond motifs is 1. The van der Waals surface area contributed by atoms with Crippen molar-refractivity contribution in [2.75, 3.05) is 20.3 Å². The van der Waals surface area contributed by atoms with Gasteiger partial charge in [-0.1, -0.05) is 18.2 Å². The van der Waals surface area contributed by atoms with Crippen molar-refractivity contribution in [1.82, 2.24) is 15.0 Å². The highest BCUT2D eigenvalue weighted by atomic mass is 19.1. The number of halogens is 1. The van der Waals surface area contributed by atoms with Crippen LogP contribution in [-0.4, -0.2) is 46.5 Å². The van der Waals surface area contributed by atoms with Crippen molar-refractivity contribution in [2.24, 2.45) is 0 Å². The average molecular weight is 466 g/mol. The maximum atomic E-state index is 14.0. The molecule has 7 nitrogen and oxygen atoms in total. The van der Waals surface area contributed by atoms with E-state index in [-0.39, 0.29) is 25.1 Å². The van der Waals surface area contributed by atoms with E-state index in [1.807, 2.05) is 25.1 Å². The lowest BCUT2D eigenvalue weighted by atomic mass is 10.1. The SMILES string of the molecule is COCC(C)Oc1cc(OCc2ccccc2F)cc(-c2nc3ncc(CCCO)cc3[nH]2)c1. The summed E-state index contributed by atoms with van der Waals surface area (Å²) in [5, 5.41) is 9.08. The predicted octanol–water partition coefficient (Wildman–Crippen LogP) is 4.68. The molecule has 178 valence electrons. The molecule has 2 aromatic carbocycles. The number of hydrogen-bond acceptors (Lipinski definition) is 6. The number of methoxy groups -OCH3 is 1. The van der Waals surface area contributed by atoms with E-state index < -0.39 is 0 Å². The van der Waals surface area contributed by atoms with Gasteiger partial charge in [0.1, 0.15) is 35.9 Å². The summed E-state index contributed by atoms with van der Waals surface area (Å²) >= 11 is 0. The molecule has 0 fully saturated rings. The van der Waals surface area contributed by atoms with Crippen LogP contribution < -0.4 is 9.47 Å². The molecule has 4 rings (SSSR count). The van der Waals surface area contributed by atoms with Crippen LogP contribution >= 0.6 is 0 Å². The molecule has 0 radical (unpaired) electrons. The molecule has 2 heterocycles. The third kappa shape index (κ3) is 5.89. The summed E-state index contributed by atoms with van der Waals surface area (Å²) in [6.07, 6.45) is 3.02. The van der Waals surface area contributed by atoms with Gasteiger partial charge in [-0.2, -0.15) is 0 Å². The largest absolute Gasteiger partial charge is 0.489 e. The Hall–Kier alpha value is -3.49. The van der Waals surface area contributed by atoms with Crippen molar-refractivity contribution in [2.45, 2.75) is 32.5 Å². The van der Waals surface area contributed by atoms with Gasteiger partial charge < -0.3 is 24.3 Å². The maximum absolute atomic E-state index is 14.0. The first-order chi connectivity index (χ1) is 16.6. The lowest BCUT2D eigenvalue weighted by Gasteiger charge is -2.16. The summed E-state index contributed by atoms with van der Waals surface area (Å²) < 4.78 is 31.2. The molecule has 2 aromatic heterocycles. The molecule has 0 aliphatic rings. The highest BCUT2D eigenvalue weighted by Crippen LogP contribution is 2.31. The number of nitrogens with one attached hydrogen (secondary N) is 1. The molecule has 0 spiro atoms. The Morgan fingerprint density at radius 3 is 2.74 bits per heavy atom.